The summed E-state index contributed by atoms with van der Waals surface area (Å²) < 4.78 is 0. The van der Waals surface area contributed by atoms with Crippen LogP contribution in [0.4, 0.5) is 0 Å². The zero-order valence-electron chi connectivity index (χ0n) is 9.42. The molecule has 0 amide bonds. The van der Waals surface area contributed by atoms with Crippen LogP contribution in [0.3, 0.4) is 0 Å². The number of amidine groups is 1. The first-order valence-electron chi connectivity index (χ1n) is 5.66. The van der Waals surface area contributed by atoms with Crippen molar-refractivity contribution in [1.82, 2.24) is 4.90 Å². The number of piperidine rings is 1. The average molecular weight is 197 g/mol. The number of nitrogens with two attached hydrogens (primary N) is 1. The van der Waals surface area contributed by atoms with Gasteiger partial charge in [-0.3, -0.25) is 5.41 Å². The van der Waals surface area contributed by atoms with Gasteiger partial charge in [0.2, 0.25) is 0 Å². The Kier molecular flexibility index (Phi) is 4.39. The maximum Gasteiger partial charge on any atom is 0.0905 e. The Morgan fingerprint density at radius 1 is 1.50 bits per heavy atom. The summed E-state index contributed by atoms with van der Waals surface area (Å²) in [6, 6.07) is 0.714. The van der Waals surface area contributed by atoms with Crippen LogP contribution >= 0.6 is 0 Å². The molecule has 1 heterocycles. The van der Waals surface area contributed by atoms with Crippen molar-refractivity contribution in [2.24, 2.45) is 11.7 Å². The maximum absolute atomic E-state index is 7.15. The van der Waals surface area contributed by atoms with E-state index in [0.717, 1.165) is 25.3 Å². The van der Waals surface area contributed by atoms with E-state index in [0.29, 0.717) is 11.9 Å². The van der Waals surface area contributed by atoms with Crippen molar-refractivity contribution >= 4 is 5.84 Å². The quantitative estimate of drug-likeness (QED) is 0.533. The molecule has 0 aliphatic carbocycles. The lowest BCUT2D eigenvalue weighted by Crippen LogP contribution is -2.40. The van der Waals surface area contributed by atoms with Crippen LogP contribution in [0.5, 0.6) is 0 Å². The van der Waals surface area contributed by atoms with E-state index in [9.17, 15) is 0 Å². The Morgan fingerprint density at radius 3 is 2.79 bits per heavy atom. The van der Waals surface area contributed by atoms with E-state index in [-0.39, 0.29) is 0 Å². The molecular weight excluding hydrogens is 174 g/mol. The summed E-state index contributed by atoms with van der Waals surface area (Å²) in [5.41, 5.74) is 5.33. The molecule has 2 unspecified atom stereocenters. The van der Waals surface area contributed by atoms with Crippen LogP contribution in [0.1, 0.15) is 39.5 Å². The van der Waals surface area contributed by atoms with Gasteiger partial charge < -0.3 is 10.6 Å². The van der Waals surface area contributed by atoms with Crippen molar-refractivity contribution in [2.45, 2.75) is 45.6 Å². The van der Waals surface area contributed by atoms with Gasteiger partial charge in [-0.1, -0.05) is 6.92 Å². The van der Waals surface area contributed by atoms with Crippen molar-refractivity contribution in [3.05, 3.63) is 0 Å². The summed E-state index contributed by atoms with van der Waals surface area (Å²) in [5.74, 6) is 1.21. The van der Waals surface area contributed by atoms with E-state index >= 15 is 0 Å². The lowest BCUT2D eigenvalue weighted by atomic mass is 9.93. The number of nitrogens with one attached hydrogen (secondary N) is 1. The highest BCUT2D eigenvalue weighted by Gasteiger charge is 2.21. The fourth-order valence-corrected chi connectivity index (χ4v) is 2.26. The lowest BCUT2D eigenvalue weighted by Gasteiger charge is -2.36. The van der Waals surface area contributed by atoms with Gasteiger partial charge in [-0.2, -0.15) is 0 Å². The highest BCUT2D eigenvalue weighted by Crippen LogP contribution is 2.22. The second-order valence-corrected chi connectivity index (χ2v) is 4.64. The molecule has 1 fully saturated rings. The van der Waals surface area contributed by atoms with Gasteiger partial charge in [-0.05, 0) is 45.2 Å². The van der Waals surface area contributed by atoms with E-state index < -0.39 is 0 Å². The number of nitrogens with zero attached hydrogens (tertiary/aromatic N) is 1. The minimum absolute atomic E-state index is 0.322. The molecule has 3 nitrogen and oxygen atoms in total. The summed E-state index contributed by atoms with van der Waals surface area (Å²) in [5, 5.41) is 7.15. The zero-order chi connectivity index (χ0) is 10.6. The van der Waals surface area contributed by atoms with E-state index in [1.165, 1.54) is 19.4 Å². The highest BCUT2D eigenvalue weighted by molar-refractivity contribution is 5.76. The molecule has 1 saturated heterocycles. The summed E-state index contributed by atoms with van der Waals surface area (Å²) in [4.78, 5) is 2.53. The second-order valence-electron chi connectivity index (χ2n) is 4.64. The number of rotatable bonds is 4. The Labute approximate surface area is 87.2 Å². The molecule has 2 atom stereocenters. The van der Waals surface area contributed by atoms with E-state index in [1.807, 2.05) is 0 Å². The normalized spacial score (nSPS) is 29.0. The van der Waals surface area contributed by atoms with Crippen LogP contribution < -0.4 is 5.73 Å². The fraction of sp³-hybridized carbons (Fsp3) is 0.909. The molecule has 0 spiro atoms. The van der Waals surface area contributed by atoms with Crippen molar-refractivity contribution in [1.29, 1.82) is 5.41 Å². The van der Waals surface area contributed by atoms with Gasteiger partial charge in [-0.25, -0.2) is 0 Å². The Hall–Kier alpha value is -0.570. The van der Waals surface area contributed by atoms with E-state index in [2.05, 4.69) is 18.7 Å². The lowest BCUT2D eigenvalue weighted by molar-refractivity contribution is 0.129. The number of likely N-dealkylation sites (tertiary alicyclic amines) is 1. The first kappa shape index (κ1) is 11.5. The predicted octanol–water partition coefficient (Wildman–Crippen LogP) is 1.82. The standard InChI is InChI=1S/C11H23N3/c1-9-5-7-14(10(2)8-9)6-3-4-11(12)13/h9-10H,3-8H2,1-2H3,(H3,12,13). The van der Waals surface area contributed by atoms with Gasteiger partial charge in [0.05, 0.1) is 5.84 Å². The molecular formula is C11H23N3. The molecule has 0 saturated carbocycles. The Bertz CT molecular complexity index is 191. The molecule has 1 aliphatic heterocycles. The van der Waals surface area contributed by atoms with Crippen LogP contribution in [-0.4, -0.2) is 29.9 Å². The van der Waals surface area contributed by atoms with Crippen molar-refractivity contribution in [2.75, 3.05) is 13.1 Å². The molecule has 3 heteroatoms. The molecule has 1 rings (SSSR count). The Morgan fingerprint density at radius 2 is 2.21 bits per heavy atom. The third kappa shape index (κ3) is 3.66. The van der Waals surface area contributed by atoms with Gasteiger partial charge in [0, 0.05) is 12.5 Å². The molecule has 82 valence electrons. The fourth-order valence-electron chi connectivity index (χ4n) is 2.26. The smallest absolute Gasteiger partial charge is 0.0905 e. The van der Waals surface area contributed by atoms with Crippen molar-refractivity contribution < 1.29 is 0 Å². The molecule has 0 radical (unpaired) electrons. The van der Waals surface area contributed by atoms with Crippen molar-refractivity contribution in [3.8, 4) is 0 Å². The van der Waals surface area contributed by atoms with Crippen LogP contribution in [0.15, 0.2) is 0 Å². The van der Waals surface area contributed by atoms with Gasteiger partial charge in [0.15, 0.2) is 0 Å². The third-order valence-electron chi connectivity index (χ3n) is 3.17. The van der Waals surface area contributed by atoms with Gasteiger partial charge in [0.25, 0.3) is 0 Å². The van der Waals surface area contributed by atoms with Crippen molar-refractivity contribution in [3.63, 3.8) is 0 Å². The minimum Gasteiger partial charge on any atom is -0.388 e. The molecule has 3 N–H and O–H groups in total. The third-order valence-corrected chi connectivity index (χ3v) is 3.17. The topological polar surface area (TPSA) is 53.1 Å². The summed E-state index contributed by atoms with van der Waals surface area (Å²) in [6.07, 6.45) is 4.43. The first-order chi connectivity index (χ1) is 6.59. The monoisotopic (exact) mass is 197 g/mol. The second kappa shape index (κ2) is 5.35. The predicted molar refractivity (Wildman–Crippen MR) is 60.6 cm³/mol. The average Bonchev–Trinajstić information content (AvgIpc) is 2.08. The molecule has 14 heavy (non-hydrogen) atoms. The molecule has 1 aliphatic rings. The first-order valence-corrected chi connectivity index (χ1v) is 5.66. The zero-order valence-corrected chi connectivity index (χ0v) is 9.42. The van der Waals surface area contributed by atoms with E-state index in [4.69, 9.17) is 11.1 Å². The summed E-state index contributed by atoms with van der Waals surface area (Å²) in [7, 11) is 0. The van der Waals surface area contributed by atoms with Crippen LogP contribution in [0.2, 0.25) is 0 Å². The Balaban J connectivity index is 2.20. The van der Waals surface area contributed by atoms with Crippen LogP contribution in [0.25, 0.3) is 0 Å². The number of hydrogen-bond donors (Lipinski definition) is 2. The molecule has 0 aromatic heterocycles. The highest BCUT2D eigenvalue weighted by atomic mass is 15.2. The summed E-state index contributed by atoms with van der Waals surface area (Å²) >= 11 is 0. The van der Waals surface area contributed by atoms with Gasteiger partial charge >= 0.3 is 0 Å². The van der Waals surface area contributed by atoms with E-state index in [1.54, 1.807) is 0 Å². The van der Waals surface area contributed by atoms with Crippen LogP contribution in [0, 0.1) is 11.3 Å². The minimum atomic E-state index is 0.322. The van der Waals surface area contributed by atoms with Gasteiger partial charge in [0.1, 0.15) is 0 Å². The molecule has 0 aromatic rings. The maximum atomic E-state index is 7.15. The largest absolute Gasteiger partial charge is 0.388 e. The van der Waals surface area contributed by atoms with Gasteiger partial charge in [-0.15, -0.1) is 0 Å². The summed E-state index contributed by atoms with van der Waals surface area (Å²) in [6.45, 7) is 6.97. The SMILES string of the molecule is CC1CCN(CCCC(=N)N)C(C)C1. The molecule has 0 bridgehead atoms. The number of hydrogen-bond acceptors (Lipinski definition) is 2. The molecule has 0 aromatic carbocycles. The van der Waals surface area contributed by atoms with Crippen LogP contribution in [-0.2, 0) is 0 Å².